The minimum atomic E-state index is -0.382. The topological polar surface area (TPSA) is 68.9 Å². The van der Waals surface area contributed by atoms with Gasteiger partial charge in [-0.25, -0.2) is 4.79 Å². The molecule has 0 spiro atoms. The zero-order valence-electron chi connectivity index (χ0n) is 11.4. The molecule has 20 heavy (non-hydrogen) atoms. The molecule has 0 amide bonds. The molecule has 1 aromatic heterocycles. The van der Waals surface area contributed by atoms with E-state index in [4.69, 9.17) is 9.15 Å². The number of nitrogens with zero attached hydrogens (tertiary/aromatic N) is 1. The molecule has 0 radical (unpaired) electrons. The second-order valence-electron chi connectivity index (χ2n) is 4.31. The lowest BCUT2D eigenvalue weighted by molar-refractivity contribution is -0.141. The molecular formula is C15H15NO4. The number of carbonyl (C=O) groups excluding carboxylic acids is 1. The standard InChI is InChI=1S/C15H15NO4/c1-3-19-15(18)8-10(2)16-12-5-6-13-11(9-12)4-7-14(17)20-13/h4-7,9H,3,8H2,1-2H3. The summed E-state index contributed by atoms with van der Waals surface area (Å²) in [6.07, 6.45) is 0.162. The molecule has 2 aromatic rings. The molecule has 104 valence electrons. The summed E-state index contributed by atoms with van der Waals surface area (Å²) in [7, 11) is 0. The van der Waals surface area contributed by atoms with E-state index < -0.39 is 0 Å². The zero-order valence-corrected chi connectivity index (χ0v) is 11.4. The second-order valence-corrected chi connectivity index (χ2v) is 4.31. The first-order valence-electron chi connectivity index (χ1n) is 6.32. The Hall–Kier alpha value is -2.43. The molecule has 0 atom stereocenters. The van der Waals surface area contributed by atoms with Gasteiger partial charge in [-0.05, 0) is 38.1 Å². The molecule has 5 nitrogen and oxygen atoms in total. The van der Waals surface area contributed by atoms with Gasteiger partial charge in [0.2, 0.25) is 0 Å². The van der Waals surface area contributed by atoms with E-state index in [-0.39, 0.29) is 18.0 Å². The van der Waals surface area contributed by atoms with E-state index in [9.17, 15) is 9.59 Å². The largest absolute Gasteiger partial charge is 0.466 e. The van der Waals surface area contributed by atoms with Crippen LogP contribution in [0.5, 0.6) is 0 Å². The van der Waals surface area contributed by atoms with Gasteiger partial charge in [0, 0.05) is 17.2 Å². The molecule has 0 N–H and O–H groups in total. The Balaban J connectivity index is 2.22. The number of hydrogen-bond donors (Lipinski definition) is 0. The first kappa shape index (κ1) is 14.0. The van der Waals surface area contributed by atoms with Gasteiger partial charge < -0.3 is 9.15 Å². The smallest absolute Gasteiger partial charge is 0.336 e. The van der Waals surface area contributed by atoms with E-state index in [2.05, 4.69) is 4.99 Å². The highest BCUT2D eigenvalue weighted by atomic mass is 16.5. The van der Waals surface area contributed by atoms with E-state index in [1.807, 2.05) is 0 Å². The lowest BCUT2D eigenvalue weighted by atomic mass is 10.2. The quantitative estimate of drug-likeness (QED) is 0.488. The van der Waals surface area contributed by atoms with E-state index in [1.165, 1.54) is 6.07 Å². The lowest BCUT2D eigenvalue weighted by Crippen LogP contribution is -2.08. The fourth-order valence-electron chi connectivity index (χ4n) is 1.81. The molecule has 0 aliphatic rings. The number of benzene rings is 1. The Bertz CT molecular complexity index is 715. The second kappa shape index (κ2) is 6.14. The Morgan fingerprint density at radius 2 is 2.10 bits per heavy atom. The molecule has 0 saturated carbocycles. The fourth-order valence-corrected chi connectivity index (χ4v) is 1.81. The summed E-state index contributed by atoms with van der Waals surface area (Å²) in [5.74, 6) is -0.291. The van der Waals surface area contributed by atoms with Gasteiger partial charge in [-0.15, -0.1) is 0 Å². The highest BCUT2D eigenvalue weighted by molar-refractivity contribution is 5.99. The van der Waals surface area contributed by atoms with Gasteiger partial charge >= 0.3 is 11.6 Å². The van der Waals surface area contributed by atoms with Gasteiger partial charge in [0.05, 0.1) is 18.7 Å². The third kappa shape index (κ3) is 3.54. The van der Waals surface area contributed by atoms with Crippen LogP contribution in [-0.4, -0.2) is 18.3 Å². The third-order valence-corrected chi connectivity index (χ3v) is 2.63. The summed E-state index contributed by atoms with van der Waals surface area (Å²) < 4.78 is 9.90. The van der Waals surface area contributed by atoms with E-state index in [1.54, 1.807) is 38.1 Å². The number of rotatable bonds is 4. The van der Waals surface area contributed by atoms with E-state index >= 15 is 0 Å². The molecular weight excluding hydrogens is 258 g/mol. The third-order valence-electron chi connectivity index (χ3n) is 2.63. The van der Waals surface area contributed by atoms with Crippen molar-refractivity contribution in [3.63, 3.8) is 0 Å². The van der Waals surface area contributed by atoms with Crippen molar-refractivity contribution < 1.29 is 13.9 Å². The van der Waals surface area contributed by atoms with E-state index in [0.717, 1.165) is 5.39 Å². The molecule has 1 aromatic carbocycles. The molecule has 1 heterocycles. The predicted molar refractivity (Wildman–Crippen MR) is 76.5 cm³/mol. The number of ether oxygens (including phenoxy) is 1. The molecule has 0 saturated heterocycles. The summed E-state index contributed by atoms with van der Waals surface area (Å²) in [6.45, 7) is 3.90. The van der Waals surface area contributed by atoms with Crippen molar-refractivity contribution in [1.29, 1.82) is 0 Å². The van der Waals surface area contributed by atoms with Gasteiger partial charge in [0.25, 0.3) is 0 Å². The summed E-state index contributed by atoms with van der Waals surface area (Å²) in [5, 5.41) is 0.787. The Morgan fingerprint density at radius 3 is 2.85 bits per heavy atom. The Labute approximate surface area is 115 Å². The molecule has 5 heteroatoms. The maximum absolute atomic E-state index is 11.3. The van der Waals surface area contributed by atoms with Crippen LogP contribution in [0, 0.1) is 0 Å². The molecule has 0 aliphatic carbocycles. The SMILES string of the molecule is CCOC(=O)CC(C)=Nc1ccc2oc(=O)ccc2c1. The van der Waals surface area contributed by atoms with Gasteiger partial charge in [0.1, 0.15) is 5.58 Å². The Kier molecular flexibility index (Phi) is 4.30. The van der Waals surface area contributed by atoms with Gasteiger partial charge in [-0.3, -0.25) is 9.79 Å². The van der Waals surface area contributed by atoms with Crippen LogP contribution in [0.4, 0.5) is 5.69 Å². The van der Waals surface area contributed by atoms with Gasteiger partial charge in [-0.1, -0.05) is 0 Å². The number of hydrogen-bond acceptors (Lipinski definition) is 5. The Morgan fingerprint density at radius 1 is 1.30 bits per heavy atom. The highest BCUT2D eigenvalue weighted by Gasteiger charge is 2.05. The van der Waals surface area contributed by atoms with Crippen LogP contribution in [0.2, 0.25) is 0 Å². The van der Waals surface area contributed by atoms with Crippen LogP contribution in [0.3, 0.4) is 0 Å². The summed E-state index contributed by atoms with van der Waals surface area (Å²) >= 11 is 0. The van der Waals surface area contributed by atoms with Crippen molar-refractivity contribution in [1.82, 2.24) is 0 Å². The molecule has 0 bridgehead atoms. The lowest BCUT2D eigenvalue weighted by Gasteiger charge is -2.02. The minimum Gasteiger partial charge on any atom is -0.466 e. The molecule has 0 unspecified atom stereocenters. The zero-order chi connectivity index (χ0) is 14.5. The van der Waals surface area contributed by atoms with Crippen molar-refractivity contribution in [2.75, 3.05) is 6.61 Å². The van der Waals surface area contributed by atoms with Crippen LogP contribution in [-0.2, 0) is 9.53 Å². The first-order chi connectivity index (χ1) is 9.58. The molecule has 0 aliphatic heterocycles. The first-order valence-corrected chi connectivity index (χ1v) is 6.32. The fraction of sp³-hybridized carbons (Fsp3) is 0.267. The van der Waals surface area contributed by atoms with Crippen molar-refractivity contribution in [2.24, 2.45) is 4.99 Å². The van der Waals surface area contributed by atoms with Crippen LogP contribution < -0.4 is 5.63 Å². The summed E-state index contributed by atoms with van der Waals surface area (Å²) in [6, 6.07) is 8.27. The number of fused-ring (bicyclic) bond motifs is 1. The number of esters is 1. The van der Waals surface area contributed by atoms with Crippen LogP contribution in [0.25, 0.3) is 11.0 Å². The van der Waals surface area contributed by atoms with E-state index in [0.29, 0.717) is 23.6 Å². The minimum absolute atomic E-state index is 0.162. The molecule has 0 fully saturated rings. The number of aliphatic imine (C=N–C) groups is 1. The van der Waals surface area contributed by atoms with Crippen LogP contribution in [0.1, 0.15) is 20.3 Å². The molecule has 2 rings (SSSR count). The van der Waals surface area contributed by atoms with Crippen molar-refractivity contribution >= 4 is 28.3 Å². The van der Waals surface area contributed by atoms with Gasteiger partial charge in [0.15, 0.2) is 0 Å². The summed E-state index contributed by atoms with van der Waals surface area (Å²) in [4.78, 5) is 26.8. The average Bonchev–Trinajstić information content (AvgIpc) is 2.39. The maximum Gasteiger partial charge on any atom is 0.336 e. The normalized spacial score (nSPS) is 11.6. The van der Waals surface area contributed by atoms with Crippen molar-refractivity contribution in [3.8, 4) is 0 Å². The summed E-state index contributed by atoms with van der Waals surface area (Å²) in [5.41, 5.74) is 1.50. The monoisotopic (exact) mass is 273 g/mol. The average molecular weight is 273 g/mol. The van der Waals surface area contributed by atoms with Crippen LogP contribution in [0.15, 0.2) is 44.5 Å². The number of carbonyl (C=O) groups is 1. The highest BCUT2D eigenvalue weighted by Crippen LogP contribution is 2.20. The predicted octanol–water partition coefficient (Wildman–Crippen LogP) is 2.84. The maximum atomic E-state index is 11.3. The van der Waals surface area contributed by atoms with Crippen LogP contribution >= 0.6 is 0 Å². The van der Waals surface area contributed by atoms with Crippen molar-refractivity contribution in [2.45, 2.75) is 20.3 Å². The van der Waals surface area contributed by atoms with Crippen molar-refractivity contribution in [3.05, 3.63) is 40.8 Å². The van der Waals surface area contributed by atoms with Gasteiger partial charge in [-0.2, -0.15) is 0 Å².